The minimum Gasteiger partial charge on any atom is -0.207 e. The van der Waals surface area contributed by atoms with Gasteiger partial charge in [0.25, 0.3) is 0 Å². The molecule has 0 aliphatic carbocycles. The van der Waals surface area contributed by atoms with Crippen LogP contribution in [0, 0.1) is 18.3 Å². The Labute approximate surface area is 121 Å². The normalized spacial score (nSPS) is 24.3. The number of sulfonamides is 1. The van der Waals surface area contributed by atoms with Crippen molar-refractivity contribution in [3.05, 3.63) is 29.3 Å². The lowest BCUT2D eigenvalue weighted by Crippen LogP contribution is -2.47. The molecule has 0 bridgehead atoms. The van der Waals surface area contributed by atoms with Crippen LogP contribution in [-0.2, 0) is 10.0 Å². The molecule has 5 heteroatoms. The predicted octanol–water partition coefficient (Wildman–Crippen LogP) is 2.82. The van der Waals surface area contributed by atoms with E-state index in [1.165, 1.54) is 6.07 Å². The predicted molar refractivity (Wildman–Crippen MR) is 77.7 cm³/mol. The Kier molecular flexibility index (Phi) is 4.17. The summed E-state index contributed by atoms with van der Waals surface area (Å²) in [6.07, 6.45) is 2.84. The molecule has 0 radical (unpaired) electrons. The standard InChI is InChI=1S/C15H20N2O2S/c1-11-7-8-14(10-16)9-15(11)20(18,19)17-12(2)5-4-6-13(17)3/h7-9,12-13H,4-6H2,1-3H3/t12-,13+. The van der Waals surface area contributed by atoms with Gasteiger partial charge in [0.15, 0.2) is 0 Å². The van der Waals surface area contributed by atoms with Gasteiger partial charge in [-0.15, -0.1) is 0 Å². The molecule has 4 nitrogen and oxygen atoms in total. The molecule has 1 aliphatic heterocycles. The third kappa shape index (κ3) is 2.58. The van der Waals surface area contributed by atoms with Gasteiger partial charge < -0.3 is 0 Å². The number of nitriles is 1. The zero-order chi connectivity index (χ0) is 14.9. The fourth-order valence-electron chi connectivity index (χ4n) is 2.93. The molecule has 0 saturated carbocycles. The van der Waals surface area contributed by atoms with E-state index in [4.69, 9.17) is 5.26 Å². The molecule has 1 aromatic rings. The molecule has 1 heterocycles. The largest absolute Gasteiger partial charge is 0.243 e. The maximum Gasteiger partial charge on any atom is 0.243 e. The van der Waals surface area contributed by atoms with Gasteiger partial charge in [-0.05, 0) is 51.3 Å². The number of aryl methyl sites for hydroxylation is 1. The number of rotatable bonds is 2. The van der Waals surface area contributed by atoms with Crippen molar-refractivity contribution in [3.63, 3.8) is 0 Å². The van der Waals surface area contributed by atoms with Gasteiger partial charge in [0.2, 0.25) is 10.0 Å². The number of hydrogen-bond acceptors (Lipinski definition) is 3. The van der Waals surface area contributed by atoms with Gasteiger partial charge in [-0.2, -0.15) is 9.57 Å². The molecule has 108 valence electrons. The molecular formula is C15H20N2O2S. The highest BCUT2D eigenvalue weighted by atomic mass is 32.2. The second-order valence-electron chi connectivity index (χ2n) is 5.56. The van der Waals surface area contributed by atoms with E-state index >= 15 is 0 Å². The van der Waals surface area contributed by atoms with Crippen molar-refractivity contribution in [1.82, 2.24) is 4.31 Å². The van der Waals surface area contributed by atoms with E-state index < -0.39 is 10.0 Å². The monoisotopic (exact) mass is 292 g/mol. The Bertz CT molecular complexity index is 636. The summed E-state index contributed by atoms with van der Waals surface area (Å²) in [7, 11) is -3.54. The lowest BCUT2D eigenvalue weighted by atomic mass is 10.0. The van der Waals surface area contributed by atoms with Crippen molar-refractivity contribution in [2.45, 2.75) is 57.0 Å². The van der Waals surface area contributed by atoms with E-state index in [2.05, 4.69) is 0 Å². The van der Waals surface area contributed by atoms with Crippen LogP contribution in [0.4, 0.5) is 0 Å². The zero-order valence-electron chi connectivity index (χ0n) is 12.1. The number of nitrogens with zero attached hydrogens (tertiary/aromatic N) is 2. The highest BCUT2D eigenvalue weighted by molar-refractivity contribution is 7.89. The summed E-state index contributed by atoms with van der Waals surface area (Å²) in [5.41, 5.74) is 1.07. The second kappa shape index (κ2) is 5.55. The Morgan fingerprint density at radius 2 is 1.85 bits per heavy atom. The summed E-state index contributed by atoms with van der Waals surface area (Å²) in [5, 5.41) is 8.97. The van der Waals surface area contributed by atoms with E-state index in [0.29, 0.717) is 11.1 Å². The van der Waals surface area contributed by atoms with Crippen LogP contribution in [0.25, 0.3) is 0 Å². The van der Waals surface area contributed by atoms with E-state index in [9.17, 15) is 8.42 Å². The Balaban J connectivity index is 2.52. The topological polar surface area (TPSA) is 61.2 Å². The van der Waals surface area contributed by atoms with Crippen LogP contribution in [0.3, 0.4) is 0 Å². The van der Waals surface area contributed by atoms with Crippen molar-refractivity contribution in [3.8, 4) is 6.07 Å². The molecule has 1 aromatic carbocycles. The Hall–Kier alpha value is -1.38. The minimum absolute atomic E-state index is 0.00823. The van der Waals surface area contributed by atoms with Crippen LogP contribution in [0.5, 0.6) is 0 Å². The van der Waals surface area contributed by atoms with E-state index in [1.54, 1.807) is 23.4 Å². The van der Waals surface area contributed by atoms with Crippen LogP contribution in [0.1, 0.15) is 44.2 Å². The molecule has 2 rings (SSSR count). The summed E-state index contributed by atoms with van der Waals surface area (Å²) < 4.78 is 27.4. The molecule has 1 aliphatic rings. The smallest absolute Gasteiger partial charge is 0.207 e. The molecule has 0 N–H and O–H groups in total. The van der Waals surface area contributed by atoms with Crippen LogP contribution in [-0.4, -0.2) is 24.8 Å². The highest BCUT2D eigenvalue weighted by Crippen LogP contribution is 2.31. The summed E-state index contributed by atoms with van der Waals surface area (Å²) >= 11 is 0. The number of hydrogen-bond donors (Lipinski definition) is 0. The summed E-state index contributed by atoms with van der Waals surface area (Å²) in [6, 6.07) is 6.86. The first-order valence-electron chi connectivity index (χ1n) is 6.92. The van der Waals surface area contributed by atoms with Gasteiger partial charge in [-0.3, -0.25) is 0 Å². The van der Waals surface area contributed by atoms with Gasteiger partial charge in [0.1, 0.15) is 0 Å². The third-order valence-corrected chi connectivity index (χ3v) is 6.26. The van der Waals surface area contributed by atoms with Crippen molar-refractivity contribution >= 4 is 10.0 Å². The molecule has 20 heavy (non-hydrogen) atoms. The lowest BCUT2D eigenvalue weighted by molar-refractivity contribution is 0.204. The molecular weight excluding hydrogens is 272 g/mol. The summed E-state index contributed by atoms with van der Waals surface area (Å²) in [6.45, 7) is 5.68. The van der Waals surface area contributed by atoms with E-state index in [0.717, 1.165) is 19.3 Å². The summed E-state index contributed by atoms with van der Waals surface area (Å²) in [5.74, 6) is 0. The molecule has 1 saturated heterocycles. The van der Waals surface area contributed by atoms with Gasteiger partial charge in [-0.25, -0.2) is 8.42 Å². The molecule has 1 fully saturated rings. The van der Waals surface area contributed by atoms with Crippen LogP contribution < -0.4 is 0 Å². The molecule has 0 spiro atoms. The fraction of sp³-hybridized carbons (Fsp3) is 0.533. The Morgan fingerprint density at radius 1 is 1.25 bits per heavy atom. The highest BCUT2D eigenvalue weighted by Gasteiger charge is 2.36. The first kappa shape index (κ1) is 15.0. The van der Waals surface area contributed by atoms with E-state index in [1.807, 2.05) is 19.9 Å². The maximum absolute atomic E-state index is 12.9. The number of benzene rings is 1. The van der Waals surface area contributed by atoms with Crippen LogP contribution in [0.2, 0.25) is 0 Å². The first-order valence-corrected chi connectivity index (χ1v) is 8.36. The molecule has 0 unspecified atom stereocenters. The zero-order valence-corrected chi connectivity index (χ0v) is 12.9. The summed E-state index contributed by atoms with van der Waals surface area (Å²) in [4.78, 5) is 0.261. The molecule has 2 atom stereocenters. The fourth-order valence-corrected chi connectivity index (χ4v) is 5.07. The second-order valence-corrected chi connectivity index (χ2v) is 7.37. The van der Waals surface area contributed by atoms with Crippen LogP contribution >= 0.6 is 0 Å². The SMILES string of the molecule is Cc1ccc(C#N)cc1S(=O)(=O)N1[C@H](C)CCC[C@@H]1C. The van der Waals surface area contributed by atoms with Gasteiger partial charge >= 0.3 is 0 Å². The lowest BCUT2D eigenvalue weighted by Gasteiger charge is -2.38. The van der Waals surface area contributed by atoms with Crippen molar-refractivity contribution in [2.75, 3.05) is 0 Å². The third-order valence-electron chi connectivity index (χ3n) is 3.99. The van der Waals surface area contributed by atoms with Gasteiger partial charge in [0.05, 0.1) is 16.5 Å². The van der Waals surface area contributed by atoms with Crippen LogP contribution in [0.15, 0.2) is 23.1 Å². The van der Waals surface area contributed by atoms with Crippen molar-refractivity contribution in [2.24, 2.45) is 0 Å². The van der Waals surface area contributed by atoms with Gasteiger partial charge in [-0.1, -0.05) is 12.5 Å². The average Bonchev–Trinajstić information content (AvgIpc) is 2.38. The van der Waals surface area contributed by atoms with Crippen molar-refractivity contribution < 1.29 is 8.42 Å². The van der Waals surface area contributed by atoms with Gasteiger partial charge in [0, 0.05) is 12.1 Å². The average molecular weight is 292 g/mol. The molecule has 0 amide bonds. The van der Waals surface area contributed by atoms with E-state index in [-0.39, 0.29) is 17.0 Å². The first-order chi connectivity index (χ1) is 9.37. The molecule has 0 aromatic heterocycles. The number of piperidine rings is 1. The Morgan fingerprint density at radius 3 is 2.40 bits per heavy atom. The quantitative estimate of drug-likeness (QED) is 0.842. The minimum atomic E-state index is -3.54. The van der Waals surface area contributed by atoms with Crippen molar-refractivity contribution in [1.29, 1.82) is 5.26 Å². The maximum atomic E-state index is 12.9.